The van der Waals surface area contributed by atoms with Gasteiger partial charge in [-0.05, 0) is 37.7 Å². The predicted octanol–water partition coefficient (Wildman–Crippen LogP) is 2.69. The van der Waals surface area contributed by atoms with Gasteiger partial charge in [-0.2, -0.15) is 0 Å². The van der Waals surface area contributed by atoms with E-state index in [0.29, 0.717) is 5.92 Å². The fourth-order valence-electron chi connectivity index (χ4n) is 2.54. The Kier molecular flexibility index (Phi) is 4.82. The van der Waals surface area contributed by atoms with Gasteiger partial charge in [0.1, 0.15) is 4.21 Å². The van der Waals surface area contributed by atoms with Gasteiger partial charge in [-0.15, -0.1) is 11.3 Å². The van der Waals surface area contributed by atoms with Crippen LogP contribution in [0.4, 0.5) is 0 Å². The third-order valence-corrected chi connectivity index (χ3v) is 6.79. The number of aromatic carboxylic acids is 1. The first kappa shape index (κ1) is 15.5. The molecule has 7 heteroatoms. The van der Waals surface area contributed by atoms with E-state index in [1.165, 1.54) is 11.4 Å². The summed E-state index contributed by atoms with van der Waals surface area (Å²) in [6.07, 6.45) is 4.96. The predicted molar refractivity (Wildman–Crippen MR) is 77.6 cm³/mol. The maximum atomic E-state index is 12.2. The summed E-state index contributed by atoms with van der Waals surface area (Å²) < 4.78 is 27.2. The molecule has 0 saturated heterocycles. The lowest BCUT2D eigenvalue weighted by Gasteiger charge is -2.27. The summed E-state index contributed by atoms with van der Waals surface area (Å²) in [5.74, 6) is -0.401. The van der Waals surface area contributed by atoms with Gasteiger partial charge in [-0.3, -0.25) is 0 Å². The molecule has 0 radical (unpaired) electrons. The molecule has 1 fully saturated rings. The summed E-state index contributed by atoms with van der Waals surface area (Å²) in [5.41, 5.74) is 0.0186. The largest absolute Gasteiger partial charge is 0.478 e. The molecule has 20 heavy (non-hydrogen) atoms. The van der Waals surface area contributed by atoms with Crippen molar-refractivity contribution in [1.82, 2.24) is 4.72 Å². The molecule has 112 valence electrons. The number of sulfonamides is 1. The highest BCUT2D eigenvalue weighted by atomic mass is 32.2. The van der Waals surface area contributed by atoms with Crippen molar-refractivity contribution in [1.29, 1.82) is 0 Å². The normalized spacial score (nSPS) is 23.6. The first-order valence-corrected chi connectivity index (χ1v) is 9.13. The summed E-state index contributed by atoms with van der Waals surface area (Å²) in [6.45, 7) is 2.16. The van der Waals surface area contributed by atoms with Crippen molar-refractivity contribution in [3.05, 3.63) is 17.0 Å². The first-order chi connectivity index (χ1) is 9.42. The summed E-state index contributed by atoms with van der Waals surface area (Å²) in [6, 6.07) is 1.19. The molecule has 1 aromatic heterocycles. The van der Waals surface area contributed by atoms with Gasteiger partial charge in [0, 0.05) is 11.4 Å². The molecule has 1 heterocycles. The third kappa shape index (κ3) is 3.59. The summed E-state index contributed by atoms with van der Waals surface area (Å²) >= 11 is 0.947. The Labute approximate surface area is 123 Å². The maximum absolute atomic E-state index is 12.2. The quantitative estimate of drug-likeness (QED) is 0.874. The molecule has 0 amide bonds. The summed E-state index contributed by atoms with van der Waals surface area (Å²) in [4.78, 5) is 10.8. The number of carbonyl (C=O) groups is 1. The van der Waals surface area contributed by atoms with Crippen molar-refractivity contribution >= 4 is 27.3 Å². The van der Waals surface area contributed by atoms with E-state index < -0.39 is 16.0 Å². The van der Waals surface area contributed by atoms with Gasteiger partial charge in [0.2, 0.25) is 10.0 Å². The van der Waals surface area contributed by atoms with Crippen LogP contribution in [-0.4, -0.2) is 25.5 Å². The second kappa shape index (κ2) is 6.24. The fourth-order valence-corrected chi connectivity index (χ4v) is 5.01. The molecule has 0 bridgehead atoms. The van der Waals surface area contributed by atoms with Crippen LogP contribution in [0.15, 0.2) is 15.7 Å². The molecule has 0 aromatic carbocycles. The maximum Gasteiger partial charge on any atom is 0.336 e. The minimum atomic E-state index is -3.59. The Hall–Kier alpha value is -0.920. The third-order valence-electron chi connectivity index (χ3n) is 3.83. The van der Waals surface area contributed by atoms with Crippen molar-refractivity contribution < 1.29 is 18.3 Å². The molecule has 0 atom stereocenters. The van der Waals surface area contributed by atoms with E-state index in [1.54, 1.807) is 0 Å². The number of hydrogen-bond acceptors (Lipinski definition) is 4. The van der Waals surface area contributed by atoms with Crippen molar-refractivity contribution in [2.75, 3.05) is 0 Å². The SMILES string of the molecule is CCC1CCC(NS(=O)(=O)c2cc(C(=O)O)cs2)CC1. The van der Waals surface area contributed by atoms with Crippen molar-refractivity contribution in [3.63, 3.8) is 0 Å². The average Bonchev–Trinajstić information content (AvgIpc) is 2.90. The Bertz CT molecular complexity index is 571. The molecule has 1 saturated carbocycles. The van der Waals surface area contributed by atoms with Gasteiger partial charge in [0.05, 0.1) is 5.56 Å². The van der Waals surface area contributed by atoms with Crippen LogP contribution in [0.5, 0.6) is 0 Å². The molecule has 0 spiro atoms. The standard InChI is InChI=1S/C13H19NO4S2/c1-2-9-3-5-11(6-4-9)14-20(17,18)12-7-10(8-19-12)13(15)16/h7-9,11,14H,2-6H2,1H3,(H,15,16). The molecular formula is C13H19NO4S2. The van der Waals surface area contributed by atoms with Gasteiger partial charge in [-0.1, -0.05) is 13.3 Å². The van der Waals surface area contributed by atoms with E-state index in [4.69, 9.17) is 5.11 Å². The number of carboxylic acids is 1. The number of thiophene rings is 1. The Morgan fingerprint density at radius 2 is 2.05 bits per heavy atom. The van der Waals surface area contributed by atoms with Crippen molar-refractivity contribution in [2.24, 2.45) is 5.92 Å². The number of nitrogens with one attached hydrogen (secondary N) is 1. The van der Waals surface area contributed by atoms with E-state index in [9.17, 15) is 13.2 Å². The Balaban J connectivity index is 2.02. The smallest absolute Gasteiger partial charge is 0.336 e. The van der Waals surface area contributed by atoms with E-state index in [2.05, 4.69) is 11.6 Å². The van der Waals surface area contributed by atoms with Crippen LogP contribution < -0.4 is 4.72 Å². The molecule has 1 aromatic rings. The summed E-state index contributed by atoms with van der Waals surface area (Å²) in [5, 5.41) is 10.2. The van der Waals surface area contributed by atoms with Crippen LogP contribution in [0.1, 0.15) is 49.4 Å². The zero-order valence-electron chi connectivity index (χ0n) is 11.3. The highest BCUT2D eigenvalue weighted by molar-refractivity contribution is 7.91. The number of carboxylic acid groups (broad SMARTS) is 1. The Morgan fingerprint density at radius 3 is 2.55 bits per heavy atom. The van der Waals surface area contributed by atoms with Gasteiger partial charge in [0.25, 0.3) is 0 Å². The van der Waals surface area contributed by atoms with Crippen molar-refractivity contribution in [2.45, 2.75) is 49.3 Å². The van der Waals surface area contributed by atoms with Gasteiger partial charge >= 0.3 is 5.97 Å². The fraction of sp³-hybridized carbons (Fsp3) is 0.615. The van der Waals surface area contributed by atoms with E-state index in [-0.39, 0.29) is 15.8 Å². The second-order valence-corrected chi connectivity index (χ2v) is 8.06. The summed E-state index contributed by atoms with van der Waals surface area (Å²) in [7, 11) is -3.59. The zero-order chi connectivity index (χ0) is 14.8. The topological polar surface area (TPSA) is 83.5 Å². The van der Waals surface area contributed by atoms with Gasteiger partial charge in [-0.25, -0.2) is 17.9 Å². The molecule has 0 aliphatic heterocycles. The van der Waals surface area contributed by atoms with Crippen LogP contribution in [0.25, 0.3) is 0 Å². The van der Waals surface area contributed by atoms with Crippen LogP contribution in [-0.2, 0) is 10.0 Å². The molecular weight excluding hydrogens is 298 g/mol. The van der Waals surface area contributed by atoms with E-state index in [1.807, 2.05) is 0 Å². The first-order valence-electron chi connectivity index (χ1n) is 6.76. The molecule has 1 aliphatic carbocycles. The lowest BCUT2D eigenvalue weighted by molar-refractivity contribution is 0.0697. The van der Waals surface area contributed by atoms with Crippen LogP contribution in [0, 0.1) is 5.92 Å². The Morgan fingerprint density at radius 1 is 1.40 bits per heavy atom. The molecule has 2 rings (SSSR count). The molecule has 0 unspecified atom stereocenters. The van der Waals surface area contributed by atoms with E-state index in [0.717, 1.165) is 43.4 Å². The van der Waals surface area contributed by atoms with Gasteiger partial charge < -0.3 is 5.11 Å². The lowest BCUT2D eigenvalue weighted by Crippen LogP contribution is -2.37. The monoisotopic (exact) mass is 317 g/mol. The highest BCUT2D eigenvalue weighted by Crippen LogP contribution is 2.28. The second-order valence-electron chi connectivity index (χ2n) is 5.21. The van der Waals surface area contributed by atoms with E-state index >= 15 is 0 Å². The van der Waals surface area contributed by atoms with Gasteiger partial charge in [0.15, 0.2) is 0 Å². The number of hydrogen-bond donors (Lipinski definition) is 2. The average molecular weight is 317 g/mol. The molecule has 5 nitrogen and oxygen atoms in total. The highest BCUT2D eigenvalue weighted by Gasteiger charge is 2.26. The minimum Gasteiger partial charge on any atom is -0.478 e. The van der Waals surface area contributed by atoms with Crippen LogP contribution >= 0.6 is 11.3 Å². The minimum absolute atomic E-state index is 0.0186. The lowest BCUT2D eigenvalue weighted by atomic mass is 9.85. The van der Waals surface area contributed by atoms with Crippen molar-refractivity contribution in [3.8, 4) is 0 Å². The zero-order valence-corrected chi connectivity index (χ0v) is 13.0. The molecule has 2 N–H and O–H groups in total. The number of rotatable bonds is 5. The molecule has 1 aliphatic rings. The van der Waals surface area contributed by atoms with Crippen LogP contribution in [0.2, 0.25) is 0 Å². The van der Waals surface area contributed by atoms with Crippen LogP contribution in [0.3, 0.4) is 0 Å².